The van der Waals surface area contributed by atoms with Crippen molar-refractivity contribution in [3.8, 4) is 0 Å². The van der Waals surface area contributed by atoms with Crippen molar-refractivity contribution in [1.82, 2.24) is 10.6 Å². The molecule has 104 valence electrons. The lowest BCUT2D eigenvalue weighted by atomic mass is 10.1. The summed E-state index contributed by atoms with van der Waals surface area (Å²) in [5.41, 5.74) is 0. The number of ether oxygens (including phenoxy) is 1. The van der Waals surface area contributed by atoms with Crippen LogP contribution in [0, 0.1) is 0 Å². The Morgan fingerprint density at radius 1 is 1.33 bits per heavy atom. The largest absolute Gasteiger partial charge is 0.479 e. The second kappa shape index (κ2) is 7.88. The van der Waals surface area contributed by atoms with Gasteiger partial charge in [0.05, 0.1) is 6.10 Å². The Labute approximate surface area is 106 Å². The molecule has 0 spiro atoms. The number of urea groups is 1. The number of aliphatic hydroxyl groups is 1. The van der Waals surface area contributed by atoms with Gasteiger partial charge in [0.2, 0.25) is 0 Å². The van der Waals surface area contributed by atoms with Crippen LogP contribution >= 0.6 is 0 Å². The number of rotatable bonds is 6. The molecule has 0 radical (unpaired) electrons. The van der Waals surface area contributed by atoms with Crippen LogP contribution in [0.1, 0.15) is 25.7 Å². The molecule has 1 aliphatic heterocycles. The number of hydrogen-bond donors (Lipinski definition) is 4. The second-order valence-electron chi connectivity index (χ2n) is 4.27. The molecule has 7 nitrogen and oxygen atoms in total. The topological polar surface area (TPSA) is 108 Å². The summed E-state index contributed by atoms with van der Waals surface area (Å²) in [6, 6.07) is -0.373. The SMILES string of the molecule is O=C(NCC[C@H](O)C(=O)O)NCC1CCCCO1. The molecule has 1 rings (SSSR count). The first kappa shape index (κ1) is 14.7. The van der Waals surface area contributed by atoms with Crippen molar-refractivity contribution in [2.75, 3.05) is 19.7 Å². The maximum atomic E-state index is 11.3. The van der Waals surface area contributed by atoms with Crippen LogP contribution in [0.25, 0.3) is 0 Å². The molecule has 2 amide bonds. The fourth-order valence-corrected chi connectivity index (χ4v) is 1.68. The van der Waals surface area contributed by atoms with Gasteiger partial charge in [-0.1, -0.05) is 0 Å². The van der Waals surface area contributed by atoms with Crippen LogP contribution < -0.4 is 10.6 Å². The summed E-state index contributed by atoms with van der Waals surface area (Å²) < 4.78 is 5.44. The number of carboxylic acids is 1. The molecule has 0 aliphatic carbocycles. The number of aliphatic hydroxyl groups excluding tert-OH is 1. The number of carbonyl (C=O) groups is 2. The first-order valence-corrected chi connectivity index (χ1v) is 6.13. The third-order valence-corrected chi connectivity index (χ3v) is 2.75. The van der Waals surface area contributed by atoms with Gasteiger partial charge < -0.3 is 25.6 Å². The first-order chi connectivity index (χ1) is 8.59. The molecule has 1 saturated heterocycles. The lowest BCUT2D eigenvalue weighted by Gasteiger charge is -2.22. The molecule has 0 aromatic carbocycles. The Balaban J connectivity index is 2.04. The van der Waals surface area contributed by atoms with Crippen LogP contribution in [-0.2, 0) is 9.53 Å². The van der Waals surface area contributed by atoms with Crippen molar-refractivity contribution in [2.24, 2.45) is 0 Å². The average molecular weight is 260 g/mol. The number of hydrogen-bond acceptors (Lipinski definition) is 4. The second-order valence-corrected chi connectivity index (χ2v) is 4.27. The summed E-state index contributed by atoms with van der Waals surface area (Å²) in [7, 11) is 0. The number of carbonyl (C=O) groups excluding carboxylic acids is 1. The molecule has 18 heavy (non-hydrogen) atoms. The predicted molar refractivity (Wildman–Crippen MR) is 63.3 cm³/mol. The fourth-order valence-electron chi connectivity index (χ4n) is 1.68. The van der Waals surface area contributed by atoms with Crippen LogP contribution in [0.4, 0.5) is 4.79 Å². The normalized spacial score (nSPS) is 21.1. The van der Waals surface area contributed by atoms with Crippen molar-refractivity contribution < 1.29 is 24.5 Å². The number of aliphatic carboxylic acids is 1. The van der Waals surface area contributed by atoms with E-state index in [9.17, 15) is 9.59 Å². The minimum Gasteiger partial charge on any atom is -0.479 e. The molecule has 1 aliphatic rings. The molecular weight excluding hydrogens is 240 g/mol. The maximum Gasteiger partial charge on any atom is 0.332 e. The first-order valence-electron chi connectivity index (χ1n) is 6.13. The van der Waals surface area contributed by atoms with Gasteiger partial charge in [0.1, 0.15) is 0 Å². The van der Waals surface area contributed by atoms with E-state index in [-0.39, 0.29) is 25.1 Å². The molecule has 0 aromatic rings. The van der Waals surface area contributed by atoms with E-state index in [0.717, 1.165) is 25.9 Å². The van der Waals surface area contributed by atoms with E-state index in [1.165, 1.54) is 0 Å². The van der Waals surface area contributed by atoms with Crippen LogP contribution in [0.2, 0.25) is 0 Å². The highest BCUT2D eigenvalue weighted by Crippen LogP contribution is 2.11. The van der Waals surface area contributed by atoms with Gasteiger partial charge in [-0.3, -0.25) is 0 Å². The van der Waals surface area contributed by atoms with Crippen molar-refractivity contribution >= 4 is 12.0 Å². The van der Waals surface area contributed by atoms with Crippen molar-refractivity contribution in [3.05, 3.63) is 0 Å². The van der Waals surface area contributed by atoms with Gasteiger partial charge in [-0.15, -0.1) is 0 Å². The highest BCUT2D eigenvalue weighted by atomic mass is 16.5. The van der Waals surface area contributed by atoms with Crippen LogP contribution in [0.3, 0.4) is 0 Å². The summed E-state index contributed by atoms with van der Waals surface area (Å²) in [6.45, 7) is 1.30. The summed E-state index contributed by atoms with van der Waals surface area (Å²) in [5.74, 6) is -1.28. The summed E-state index contributed by atoms with van der Waals surface area (Å²) in [6.07, 6.45) is 1.73. The summed E-state index contributed by atoms with van der Waals surface area (Å²) in [4.78, 5) is 21.6. The zero-order chi connectivity index (χ0) is 13.4. The van der Waals surface area contributed by atoms with Gasteiger partial charge in [0.15, 0.2) is 6.10 Å². The molecule has 0 bridgehead atoms. The van der Waals surface area contributed by atoms with E-state index < -0.39 is 12.1 Å². The van der Waals surface area contributed by atoms with Gasteiger partial charge in [0, 0.05) is 26.1 Å². The lowest BCUT2D eigenvalue weighted by molar-refractivity contribution is -0.146. The van der Waals surface area contributed by atoms with Gasteiger partial charge >= 0.3 is 12.0 Å². The van der Waals surface area contributed by atoms with E-state index >= 15 is 0 Å². The molecule has 1 unspecified atom stereocenters. The molecule has 1 heterocycles. The number of amides is 2. The van der Waals surface area contributed by atoms with Crippen molar-refractivity contribution in [3.63, 3.8) is 0 Å². The lowest BCUT2D eigenvalue weighted by Crippen LogP contribution is -2.42. The van der Waals surface area contributed by atoms with Gasteiger partial charge in [-0.2, -0.15) is 0 Å². The van der Waals surface area contributed by atoms with E-state index in [1.807, 2.05) is 0 Å². The highest BCUT2D eigenvalue weighted by Gasteiger charge is 2.15. The Hall–Kier alpha value is -1.34. The predicted octanol–water partition coefficient (Wildman–Crippen LogP) is -0.310. The van der Waals surface area contributed by atoms with Crippen LogP contribution in [-0.4, -0.2) is 54.1 Å². The standard InChI is InChI=1S/C11H20N2O5/c14-9(10(15)16)4-5-12-11(17)13-7-8-3-1-2-6-18-8/h8-9,14H,1-7H2,(H,15,16)(H2,12,13,17)/t8?,9-/m0/s1. The Morgan fingerprint density at radius 3 is 2.72 bits per heavy atom. The van der Waals surface area contributed by atoms with Gasteiger partial charge in [-0.25, -0.2) is 9.59 Å². The van der Waals surface area contributed by atoms with Crippen LogP contribution in [0.15, 0.2) is 0 Å². The third kappa shape index (κ3) is 5.83. The Bertz CT molecular complexity index is 279. The molecule has 2 atom stereocenters. The molecule has 7 heteroatoms. The highest BCUT2D eigenvalue weighted by molar-refractivity contribution is 5.74. The Morgan fingerprint density at radius 2 is 2.11 bits per heavy atom. The van der Waals surface area contributed by atoms with Crippen LogP contribution in [0.5, 0.6) is 0 Å². The van der Waals surface area contributed by atoms with E-state index in [2.05, 4.69) is 10.6 Å². The summed E-state index contributed by atoms with van der Waals surface area (Å²) >= 11 is 0. The third-order valence-electron chi connectivity index (χ3n) is 2.75. The number of carboxylic acid groups (broad SMARTS) is 1. The molecule has 1 fully saturated rings. The zero-order valence-corrected chi connectivity index (χ0v) is 10.2. The van der Waals surface area contributed by atoms with E-state index in [1.54, 1.807) is 0 Å². The molecule has 0 aromatic heterocycles. The minimum absolute atomic E-state index is 0.0112. The van der Waals surface area contributed by atoms with Gasteiger partial charge in [-0.05, 0) is 19.3 Å². The quantitative estimate of drug-likeness (QED) is 0.524. The smallest absolute Gasteiger partial charge is 0.332 e. The fraction of sp³-hybridized carbons (Fsp3) is 0.818. The maximum absolute atomic E-state index is 11.3. The monoisotopic (exact) mass is 260 g/mol. The molecule has 0 saturated carbocycles. The summed E-state index contributed by atoms with van der Waals surface area (Å²) in [5, 5.41) is 22.5. The minimum atomic E-state index is -1.44. The molecular formula is C11H20N2O5. The average Bonchev–Trinajstić information content (AvgIpc) is 2.37. The van der Waals surface area contributed by atoms with Crippen molar-refractivity contribution in [1.29, 1.82) is 0 Å². The van der Waals surface area contributed by atoms with E-state index in [0.29, 0.717) is 6.54 Å². The van der Waals surface area contributed by atoms with Crippen molar-refractivity contribution in [2.45, 2.75) is 37.9 Å². The van der Waals surface area contributed by atoms with E-state index in [4.69, 9.17) is 14.9 Å². The molecule has 4 N–H and O–H groups in total. The van der Waals surface area contributed by atoms with Gasteiger partial charge in [0.25, 0.3) is 0 Å². The number of nitrogens with one attached hydrogen (secondary N) is 2. The Kier molecular flexibility index (Phi) is 6.45. The zero-order valence-electron chi connectivity index (χ0n) is 10.2.